The number of nitrogens with zero attached hydrogens (tertiary/aromatic N) is 1. The topological polar surface area (TPSA) is 38.9 Å². The van der Waals surface area contributed by atoms with Crippen molar-refractivity contribution in [2.24, 2.45) is 0 Å². The predicted molar refractivity (Wildman–Crippen MR) is 48.2 cm³/mol. The van der Waals surface area contributed by atoms with Crippen molar-refractivity contribution in [2.45, 2.75) is 12.3 Å². The van der Waals surface area contributed by atoms with E-state index in [0.717, 1.165) is 6.07 Å². The highest BCUT2D eigenvalue weighted by molar-refractivity contribution is 6.32. The first-order valence-corrected chi connectivity index (χ1v) is 4.26. The Labute approximate surface area is 83.7 Å². The van der Waals surface area contributed by atoms with Crippen molar-refractivity contribution in [2.75, 3.05) is 5.73 Å². The van der Waals surface area contributed by atoms with Gasteiger partial charge in [0, 0.05) is 5.88 Å². The Balaban J connectivity index is 3.22. The predicted octanol–water partition coefficient (Wildman–Crippen LogP) is 2.99. The van der Waals surface area contributed by atoms with Gasteiger partial charge in [-0.2, -0.15) is 0 Å². The molecule has 0 aliphatic heterocycles. The maximum absolute atomic E-state index is 12.2. The van der Waals surface area contributed by atoms with Crippen molar-refractivity contribution in [3.05, 3.63) is 22.5 Å². The van der Waals surface area contributed by atoms with E-state index in [1.807, 2.05) is 0 Å². The van der Waals surface area contributed by atoms with Crippen molar-refractivity contribution < 1.29 is 8.78 Å². The number of hydrogen-bond acceptors (Lipinski definition) is 2. The Morgan fingerprint density at radius 3 is 2.62 bits per heavy atom. The lowest BCUT2D eigenvalue weighted by atomic mass is 10.2. The fourth-order valence-corrected chi connectivity index (χ4v) is 1.26. The first-order valence-electron chi connectivity index (χ1n) is 3.35. The smallest absolute Gasteiger partial charge is 0.280 e. The van der Waals surface area contributed by atoms with Crippen molar-refractivity contribution in [1.29, 1.82) is 0 Å². The molecule has 0 radical (unpaired) electrons. The van der Waals surface area contributed by atoms with Crippen LogP contribution in [0, 0.1) is 0 Å². The lowest BCUT2D eigenvalue weighted by molar-refractivity contribution is 0.146. The summed E-state index contributed by atoms with van der Waals surface area (Å²) in [6.07, 6.45) is -2.67. The van der Waals surface area contributed by atoms with E-state index >= 15 is 0 Å². The van der Waals surface area contributed by atoms with E-state index in [-0.39, 0.29) is 16.7 Å². The van der Waals surface area contributed by atoms with E-state index in [4.69, 9.17) is 28.9 Å². The van der Waals surface area contributed by atoms with Crippen LogP contribution in [-0.2, 0) is 5.88 Å². The highest BCUT2D eigenvalue weighted by Gasteiger charge is 2.14. The summed E-state index contributed by atoms with van der Waals surface area (Å²) in [6.45, 7) is 0. The van der Waals surface area contributed by atoms with Gasteiger partial charge in [0.05, 0.1) is 5.69 Å². The fraction of sp³-hybridized carbons (Fsp3) is 0.286. The number of anilines is 1. The average Bonchev–Trinajstić information content (AvgIpc) is 2.09. The van der Waals surface area contributed by atoms with Crippen LogP contribution in [0.25, 0.3) is 0 Å². The molecule has 72 valence electrons. The quantitative estimate of drug-likeness (QED) is 0.622. The van der Waals surface area contributed by atoms with Crippen LogP contribution in [0.3, 0.4) is 0 Å². The van der Waals surface area contributed by atoms with E-state index in [1.54, 1.807) is 0 Å². The molecule has 1 aromatic rings. The maximum Gasteiger partial charge on any atom is 0.280 e. The van der Waals surface area contributed by atoms with Crippen LogP contribution < -0.4 is 5.73 Å². The first-order chi connectivity index (χ1) is 6.06. The van der Waals surface area contributed by atoms with Crippen molar-refractivity contribution in [3.63, 3.8) is 0 Å². The molecule has 2 N–H and O–H groups in total. The van der Waals surface area contributed by atoms with Crippen LogP contribution in [0.2, 0.25) is 5.15 Å². The van der Waals surface area contributed by atoms with Crippen molar-refractivity contribution in [1.82, 2.24) is 4.98 Å². The summed E-state index contributed by atoms with van der Waals surface area (Å²) in [5.74, 6) is 0.0355. The zero-order valence-electron chi connectivity index (χ0n) is 6.40. The molecule has 0 aromatic carbocycles. The number of nitrogen functional groups attached to an aromatic ring is 1. The highest BCUT2D eigenvalue weighted by Crippen LogP contribution is 2.27. The summed E-state index contributed by atoms with van der Waals surface area (Å²) in [4.78, 5) is 3.41. The normalized spacial score (nSPS) is 10.8. The molecule has 6 heteroatoms. The number of aromatic nitrogens is 1. The number of rotatable bonds is 2. The van der Waals surface area contributed by atoms with E-state index in [2.05, 4.69) is 4.98 Å². The molecule has 0 amide bonds. The van der Waals surface area contributed by atoms with E-state index in [0.29, 0.717) is 5.56 Å². The highest BCUT2D eigenvalue weighted by atomic mass is 35.5. The minimum Gasteiger partial charge on any atom is -0.396 e. The summed E-state index contributed by atoms with van der Waals surface area (Å²) in [5.41, 5.74) is 5.56. The second kappa shape index (κ2) is 4.07. The molecule has 0 saturated heterocycles. The fourth-order valence-electron chi connectivity index (χ4n) is 0.817. The molecule has 0 fully saturated rings. The summed E-state index contributed by atoms with van der Waals surface area (Å²) in [7, 11) is 0. The number of nitrogens with two attached hydrogens (primary N) is 1. The standard InChI is InChI=1S/C7H6Cl2F2N2/c8-2-3-1-4(7(10)11)13-6(9)5(3)12/h1,7H,2,12H2. The van der Waals surface area contributed by atoms with Gasteiger partial charge in [-0.05, 0) is 11.6 Å². The van der Waals surface area contributed by atoms with E-state index in [1.165, 1.54) is 0 Å². The zero-order valence-corrected chi connectivity index (χ0v) is 7.91. The maximum atomic E-state index is 12.2. The molecule has 0 atom stereocenters. The van der Waals surface area contributed by atoms with Crippen molar-refractivity contribution in [3.8, 4) is 0 Å². The third-order valence-corrected chi connectivity index (χ3v) is 2.06. The largest absolute Gasteiger partial charge is 0.396 e. The lowest BCUT2D eigenvalue weighted by Gasteiger charge is -2.06. The number of pyridine rings is 1. The Morgan fingerprint density at radius 1 is 1.54 bits per heavy atom. The molecular formula is C7H6Cl2F2N2. The molecule has 13 heavy (non-hydrogen) atoms. The van der Waals surface area contributed by atoms with Gasteiger partial charge in [-0.3, -0.25) is 0 Å². The minimum absolute atomic E-state index is 0.0355. The second-order valence-corrected chi connectivity index (χ2v) is 2.97. The molecule has 0 aliphatic rings. The summed E-state index contributed by atoms with van der Waals surface area (Å²) >= 11 is 11.0. The molecule has 0 unspecified atom stereocenters. The van der Waals surface area contributed by atoms with Gasteiger partial charge in [-0.15, -0.1) is 11.6 Å². The van der Waals surface area contributed by atoms with Crippen molar-refractivity contribution >= 4 is 28.9 Å². The van der Waals surface area contributed by atoms with Gasteiger partial charge in [0.1, 0.15) is 5.69 Å². The van der Waals surface area contributed by atoms with Gasteiger partial charge in [0.2, 0.25) is 0 Å². The van der Waals surface area contributed by atoms with E-state index in [9.17, 15) is 8.78 Å². The van der Waals surface area contributed by atoms with Gasteiger partial charge < -0.3 is 5.73 Å². The third kappa shape index (κ3) is 2.19. The Bertz CT molecular complexity index is 318. The Kier molecular flexibility index (Phi) is 3.27. The second-order valence-electron chi connectivity index (χ2n) is 2.35. The number of hydrogen-bond donors (Lipinski definition) is 1. The molecule has 0 bridgehead atoms. The van der Waals surface area contributed by atoms with Crippen LogP contribution in [0.5, 0.6) is 0 Å². The molecule has 1 aromatic heterocycles. The zero-order chi connectivity index (χ0) is 10.0. The van der Waals surface area contributed by atoms with Gasteiger partial charge in [-0.25, -0.2) is 13.8 Å². The molecule has 0 aliphatic carbocycles. The molecule has 0 spiro atoms. The summed E-state index contributed by atoms with van der Waals surface area (Å²) < 4.78 is 24.4. The van der Waals surface area contributed by atoms with Gasteiger partial charge >= 0.3 is 0 Å². The van der Waals surface area contributed by atoms with Crippen LogP contribution >= 0.6 is 23.2 Å². The molecule has 1 rings (SSSR count). The third-order valence-electron chi connectivity index (χ3n) is 1.49. The SMILES string of the molecule is Nc1c(CCl)cc(C(F)F)nc1Cl. The Morgan fingerprint density at radius 2 is 2.15 bits per heavy atom. The van der Waals surface area contributed by atoms with Gasteiger partial charge in [0.25, 0.3) is 6.43 Å². The van der Waals surface area contributed by atoms with E-state index < -0.39 is 12.1 Å². The monoisotopic (exact) mass is 226 g/mol. The van der Waals surface area contributed by atoms with Crippen LogP contribution in [-0.4, -0.2) is 4.98 Å². The van der Waals surface area contributed by atoms with Crippen LogP contribution in [0.1, 0.15) is 17.7 Å². The Hall–Kier alpha value is -0.610. The minimum atomic E-state index is -2.67. The molecule has 1 heterocycles. The molecular weight excluding hydrogens is 221 g/mol. The van der Waals surface area contributed by atoms with Gasteiger partial charge in [0.15, 0.2) is 5.15 Å². The first kappa shape index (κ1) is 10.5. The van der Waals surface area contributed by atoms with Crippen LogP contribution in [0.4, 0.5) is 14.5 Å². The number of halogens is 4. The lowest BCUT2D eigenvalue weighted by Crippen LogP contribution is -1.99. The molecule has 2 nitrogen and oxygen atoms in total. The average molecular weight is 227 g/mol. The van der Waals surface area contributed by atoms with Gasteiger partial charge in [-0.1, -0.05) is 11.6 Å². The van der Waals surface area contributed by atoms with Crippen LogP contribution in [0.15, 0.2) is 6.07 Å². The molecule has 0 saturated carbocycles. The number of alkyl halides is 3. The summed E-state index contributed by atoms with van der Waals surface area (Å²) in [5, 5.41) is -0.131. The summed E-state index contributed by atoms with van der Waals surface area (Å²) in [6, 6.07) is 1.15.